The highest BCUT2D eigenvalue weighted by Crippen LogP contribution is 2.34. The van der Waals surface area contributed by atoms with Crippen LogP contribution in [0.1, 0.15) is 29.8 Å². The van der Waals surface area contributed by atoms with Crippen molar-refractivity contribution in [1.29, 1.82) is 0 Å². The van der Waals surface area contributed by atoms with Crippen LogP contribution in [0.3, 0.4) is 0 Å². The van der Waals surface area contributed by atoms with E-state index in [0.29, 0.717) is 26.3 Å². The van der Waals surface area contributed by atoms with Crippen LogP contribution in [-0.2, 0) is 16.0 Å². The minimum absolute atomic E-state index is 0.0659. The third kappa shape index (κ3) is 6.90. The molecule has 2 atom stereocenters. The normalized spacial score (nSPS) is 16.6. The van der Waals surface area contributed by atoms with Gasteiger partial charge in [0.05, 0.1) is 31.9 Å². The van der Waals surface area contributed by atoms with Crippen molar-refractivity contribution < 1.29 is 19.4 Å². The number of rotatable bonds is 13. The molecule has 2 unspecified atom stereocenters. The summed E-state index contributed by atoms with van der Waals surface area (Å²) in [7, 11) is 0. The average Bonchev–Trinajstić information content (AvgIpc) is 3.27. The molecule has 2 aromatic rings. The van der Waals surface area contributed by atoms with Gasteiger partial charge in [-0.1, -0.05) is 31.2 Å². The molecule has 0 spiro atoms. The van der Waals surface area contributed by atoms with Crippen LogP contribution < -0.4 is 4.74 Å². The molecule has 3 rings (SSSR count). The highest BCUT2D eigenvalue weighted by Gasteiger charge is 2.33. The van der Waals surface area contributed by atoms with E-state index < -0.39 is 6.10 Å². The van der Waals surface area contributed by atoms with Crippen LogP contribution in [0.4, 0.5) is 0 Å². The van der Waals surface area contributed by atoms with E-state index in [0.717, 1.165) is 25.1 Å². The number of hydrogen-bond donors (Lipinski definition) is 1. The quantitative estimate of drug-likeness (QED) is 0.368. The van der Waals surface area contributed by atoms with Gasteiger partial charge in [-0.15, -0.1) is 17.9 Å². The van der Waals surface area contributed by atoms with E-state index in [2.05, 4.69) is 24.9 Å². The number of para-hydroxylation sites is 1. The Labute approximate surface area is 195 Å². The molecule has 1 aromatic heterocycles. The molecule has 174 valence electrons. The number of amides is 1. The molecular formula is C25H34N2O4S. The molecule has 1 amide bonds. The minimum Gasteiger partial charge on any atom is -0.491 e. The van der Waals surface area contributed by atoms with Gasteiger partial charge in [-0.3, -0.25) is 9.69 Å². The third-order valence-corrected chi connectivity index (χ3v) is 6.48. The number of hydrogen-bond acceptors (Lipinski definition) is 6. The topological polar surface area (TPSA) is 62.2 Å². The Morgan fingerprint density at radius 3 is 2.94 bits per heavy atom. The van der Waals surface area contributed by atoms with Crippen LogP contribution in [0.2, 0.25) is 0 Å². The Hall–Kier alpha value is -2.19. The highest BCUT2D eigenvalue weighted by atomic mass is 32.1. The van der Waals surface area contributed by atoms with Crippen LogP contribution in [0.25, 0.3) is 0 Å². The second kappa shape index (κ2) is 12.7. The molecule has 7 heteroatoms. The standard InChI is InChI=1S/C25H34N2O4S/c1-3-12-26(16-20(28)18-30-14-4-2)17-25(29)27-13-10-24-22(11-15-32-24)23(27)19-31-21-8-6-5-7-9-21/h4-9,11,15,20,23,28H,2-3,10,12-14,16-19H2,1H3. The first kappa shape index (κ1) is 24.5. The van der Waals surface area contributed by atoms with Gasteiger partial charge in [-0.25, -0.2) is 0 Å². The van der Waals surface area contributed by atoms with Crippen molar-refractivity contribution >= 4 is 17.2 Å². The van der Waals surface area contributed by atoms with Gasteiger partial charge in [0, 0.05) is 18.0 Å². The maximum atomic E-state index is 13.4. The van der Waals surface area contributed by atoms with Gasteiger partial charge in [0.2, 0.25) is 5.91 Å². The van der Waals surface area contributed by atoms with Crippen LogP contribution in [0.15, 0.2) is 54.4 Å². The SMILES string of the molecule is C=CCOCC(O)CN(CCC)CC(=O)N1CCc2sccc2C1COc1ccccc1. The molecule has 0 saturated carbocycles. The molecule has 1 aliphatic heterocycles. The summed E-state index contributed by atoms with van der Waals surface area (Å²) in [6.45, 7) is 8.85. The smallest absolute Gasteiger partial charge is 0.237 e. The fourth-order valence-corrected chi connectivity index (χ4v) is 4.97. The average molecular weight is 459 g/mol. The van der Waals surface area contributed by atoms with Gasteiger partial charge in [-0.2, -0.15) is 0 Å². The summed E-state index contributed by atoms with van der Waals surface area (Å²) >= 11 is 1.75. The Morgan fingerprint density at radius 1 is 1.38 bits per heavy atom. The van der Waals surface area contributed by atoms with Gasteiger partial charge in [-0.05, 0) is 48.5 Å². The van der Waals surface area contributed by atoms with E-state index in [-0.39, 0.29) is 25.1 Å². The van der Waals surface area contributed by atoms with E-state index in [1.165, 1.54) is 10.4 Å². The van der Waals surface area contributed by atoms with Crippen molar-refractivity contribution in [3.05, 3.63) is 64.9 Å². The summed E-state index contributed by atoms with van der Waals surface area (Å²) in [5.74, 6) is 0.869. The number of thiophene rings is 1. The number of carbonyl (C=O) groups is 1. The molecule has 0 radical (unpaired) electrons. The van der Waals surface area contributed by atoms with Gasteiger partial charge in [0.25, 0.3) is 0 Å². The van der Waals surface area contributed by atoms with E-state index in [4.69, 9.17) is 9.47 Å². The van der Waals surface area contributed by atoms with Gasteiger partial charge >= 0.3 is 0 Å². The molecule has 32 heavy (non-hydrogen) atoms. The molecule has 1 aromatic carbocycles. The Morgan fingerprint density at radius 2 is 2.19 bits per heavy atom. The lowest BCUT2D eigenvalue weighted by atomic mass is 10.0. The second-order valence-electron chi connectivity index (χ2n) is 7.99. The van der Waals surface area contributed by atoms with E-state index in [9.17, 15) is 9.90 Å². The Balaban J connectivity index is 1.65. The predicted octanol–water partition coefficient (Wildman–Crippen LogP) is 3.53. The zero-order valence-electron chi connectivity index (χ0n) is 18.8. The number of ether oxygens (including phenoxy) is 2. The maximum Gasteiger partial charge on any atom is 0.237 e. The van der Waals surface area contributed by atoms with Gasteiger partial charge < -0.3 is 19.5 Å². The number of nitrogens with zero attached hydrogens (tertiary/aromatic N) is 2. The molecule has 0 saturated heterocycles. The van der Waals surface area contributed by atoms with Crippen molar-refractivity contribution in [1.82, 2.24) is 9.80 Å². The molecule has 1 N–H and O–H groups in total. The lowest BCUT2D eigenvalue weighted by molar-refractivity contribution is -0.136. The zero-order valence-corrected chi connectivity index (χ0v) is 19.6. The van der Waals surface area contributed by atoms with E-state index in [1.807, 2.05) is 40.1 Å². The summed E-state index contributed by atoms with van der Waals surface area (Å²) in [6.07, 6.45) is 2.79. The molecular weight excluding hydrogens is 424 g/mol. The minimum atomic E-state index is -0.642. The largest absolute Gasteiger partial charge is 0.491 e. The monoisotopic (exact) mass is 458 g/mol. The number of aliphatic hydroxyl groups excluding tert-OH is 1. The lowest BCUT2D eigenvalue weighted by Crippen LogP contribution is -2.48. The summed E-state index contributed by atoms with van der Waals surface area (Å²) in [5.41, 5.74) is 1.19. The van der Waals surface area contributed by atoms with Crippen LogP contribution >= 0.6 is 11.3 Å². The van der Waals surface area contributed by atoms with Crippen LogP contribution in [0.5, 0.6) is 5.75 Å². The molecule has 1 aliphatic rings. The summed E-state index contributed by atoms with van der Waals surface area (Å²) in [5, 5.41) is 12.4. The first-order valence-electron chi connectivity index (χ1n) is 11.2. The van der Waals surface area contributed by atoms with E-state index >= 15 is 0 Å². The van der Waals surface area contributed by atoms with Crippen molar-refractivity contribution in [3.63, 3.8) is 0 Å². The number of fused-ring (bicyclic) bond motifs is 1. The fraction of sp³-hybridized carbons (Fsp3) is 0.480. The number of carbonyl (C=O) groups excluding carboxylic acids is 1. The predicted molar refractivity (Wildman–Crippen MR) is 128 cm³/mol. The first-order valence-corrected chi connectivity index (χ1v) is 12.1. The molecule has 6 nitrogen and oxygen atoms in total. The Kier molecular flexibility index (Phi) is 9.74. The fourth-order valence-electron chi connectivity index (χ4n) is 4.04. The molecule has 0 fully saturated rings. The summed E-state index contributed by atoms with van der Waals surface area (Å²) in [6, 6.07) is 11.7. The molecule has 2 heterocycles. The second-order valence-corrected chi connectivity index (χ2v) is 8.99. The van der Waals surface area contributed by atoms with Gasteiger partial charge in [0.1, 0.15) is 12.4 Å². The highest BCUT2D eigenvalue weighted by molar-refractivity contribution is 7.10. The lowest BCUT2D eigenvalue weighted by Gasteiger charge is -2.37. The Bertz CT molecular complexity index is 841. The summed E-state index contributed by atoms with van der Waals surface area (Å²) < 4.78 is 11.4. The third-order valence-electron chi connectivity index (χ3n) is 5.48. The first-order chi connectivity index (χ1) is 15.6. The number of benzene rings is 1. The van der Waals surface area contributed by atoms with Crippen molar-refractivity contribution in [3.8, 4) is 5.75 Å². The van der Waals surface area contributed by atoms with Gasteiger partial charge in [0.15, 0.2) is 0 Å². The van der Waals surface area contributed by atoms with E-state index in [1.54, 1.807) is 17.4 Å². The van der Waals surface area contributed by atoms with Crippen LogP contribution in [-0.4, -0.2) is 72.9 Å². The molecule has 0 bridgehead atoms. The van der Waals surface area contributed by atoms with Crippen molar-refractivity contribution in [2.24, 2.45) is 0 Å². The molecule has 0 aliphatic carbocycles. The zero-order chi connectivity index (χ0) is 22.8. The summed E-state index contributed by atoms with van der Waals surface area (Å²) in [4.78, 5) is 18.7. The number of aliphatic hydroxyl groups is 1. The van der Waals surface area contributed by atoms with Crippen molar-refractivity contribution in [2.75, 3.05) is 46.0 Å². The van der Waals surface area contributed by atoms with Crippen LogP contribution in [0, 0.1) is 0 Å². The maximum absolute atomic E-state index is 13.4. The van der Waals surface area contributed by atoms with Crippen molar-refractivity contribution in [2.45, 2.75) is 31.9 Å².